The zero-order chi connectivity index (χ0) is 11.7. The number of unbranched alkanes of at least 4 members (excludes halogenated alkanes) is 1. The molecule has 15 heavy (non-hydrogen) atoms. The van der Waals surface area contributed by atoms with Crippen LogP contribution in [0.15, 0.2) is 30.6 Å². The van der Waals surface area contributed by atoms with Gasteiger partial charge in [-0.05, 0) is 0 Å². The van der Waals surface area contributed by atoms with Crippen molar-refractivity contribution in [2.75, 3.05) is 0 Å². The Morgan fingerprint density at radius 1 is 1.13 bits per heavy atom. The smallest absolute Gasteiger partial charge is 0.264 e. The molecule has 1 heterocycles. The second-order valence-electron chi connectivity index (χ2n) is 2.91. The minimum Gasteiger partial charge on any atom is -0.264 e. The third-order valence-corrected chi connectivity index (χ3v) is 1.55. The number of aromatic nitrogens is 1. The average molecular weight is 234 g/mol. The van der Waals surface area contributed by atoms with Crippen molar-refractivity contribution in [3.63, 3.8) is 0 Å². The van der Waals surface area contributed by atoms with Crippen LogP contribution in [0.25, 0.3) is 0 Å². The summed E-state index contributed by atoms with van der Waals surface area (Å²) in [6.07, 6.45) is 6.75. The SMILES string of the molecule is CCCC[n+]1ccccc1.O=S(=O)(O)O. The lowest BCUT2D eigenvalue weighted by Crippen LogP contribution is -2.31. The van der Waals surface area contributed by atoms with Gasteiger partial charge in [-0.2, -0.15) is 8.42 Å². The number of nitrogens with zero attached hydrogens (tertiary/aromatic N) is 1. The van der Waals surface area contributed by atoms with Crippen molar-refractivity contribution < 1.29 is 22.1 Å². The predicted octanol–water partition coefficient (Wildman–Crippen LogP) is 1.12. The molecule has 2 N–H and O–H groups in total. The van der Waals surface area contributed by atoms with E-state index in [0.717, 1.165) is 6.54 Å². The van der Waals surface area contributed by atoms with Crippen molar-refractivity contribution >= 4 is 10.4 Å². The highest BCUT2D eigenvalue weighted by molar-refractivity contribution is 7.79. The van der Waals surface area contributed by atoms with Crippen LogP contribution in [-0.2, 0) is 16.9 Å². The highest BCUT2D eigenvalue weighted by atomic mass is 32.3. The molecule has 0 saturated heterocycles. The van der Waals surface area contributed by atoms with E-state index >= 15 is 0 Å². The maximum absolute atomic E-state index is 8.74. The van der Waals surface area contributed by atoms with E-state index in [9.17, 15) is 0 Å². The maximum atomic E-state index is 8.74. The van der Waals surface area contributed by atoms with Crippen LogP contribution in [0.4, 0.5) is 0 Å². The first-order chi connectivity index (χ1) is 6.93. The van der Waals surface area contributed by atoms with Gasteiger partial charge in [-0.25, -0.2) is 4.57 Å². The fourth-order valence-corrected chi connectivity index (χ4v) is 0.924. The van der Waals surface area contributed by atoms with Gasteiger partial charge in [0.15, 0.2) is 12.4 Å². The molecular weight excluding hydrogens is 218 g/mol. The van der Waals surface area contributed by atoms with Crippen LogP contribution in [0.1, 0.15) is 19.8 Å². The molecule has 1 aromatic heterocycles. The fraction of sp³-hybridized carbons (Fsp3) is 0.444. The van der Waals surface area contributed by atoms with Crippen molar-refractivity contribution in [1.82, 2.24) is 0 Å². The molecule has 0 aromatic carbocycles. The van der Waals surface area contributed by atoms with Gasteiger partial charge < -0.3 is 0 Å². The van der Waals surface area contributed by atoms with E-state index in [1.807, 2.05) is 6.07 Å². The first-order valence-corrected chi connectivity index (χ1v) is 5.97. The number of hydrogen-bond acceptors (Lipinski definition) is 2. The lowest BCUT2D eigenvalue weighted by molar-refractivity contribution is -0.697. The first-order valence-electron chi connectivity index (χ1n) is 4.57. The molecule has 0 amide bonds. The lowest BCUT2D eigenvalue weighted by Gasteiger charge is -1.91. The highest BCUT2D eigenvalue weighted by Crippen LogP contribution is 1.85. The zero-order valence-corrected chi connectivity index (χ0v) is 9.39. The quantitative estimate of drug-likeness (QED) is 0.607. The molecule has 0 aliphatic heterocycles. The number of aryl methyl sites for hydroxylation is 1. The Morgan fingerprint density at radius 3 is 2.00 bits per heavy atom. The molecule has 0 radical (unpaired) electrons. The van der Waals surface area contributed by atoms with Gasteiger partial charge in [-0.3, -0.25) is 9.11 Å². The van der Waals surface area contributed by atoms with E-state index < -0.39 is 10.4 Å². The minimum absolute atomic E-state index is 1.15. The van der Waals surface area contributed by atoms with E-state index in [0.29, 0.717) is 0 Å². The molecule has 0 fully saturated rings. The van der Waals surface area contributed by atoms with Crippen LogP contribution in [-0.4, -0.2) is 17.5 Å². The van der Waals surface area contributed by atoms with Crippen molar-refractivity contribution in [1.29, 1.82) is 0 Å². The molecule has 0 unspecified atom stereocenters. The number of hydrogen-bond donors (Lipinski definition) is 2. The summed E-state index contributed by atoms with van der Waals surface area (Å²) in [6.45, 7) is 3.36. The van der Waals surface area contributed by atoms with Gasteiger partial charge in [0, 0.05) is 18.6 Å². The summed E-state index contributed by atoms with van der Waals surface area (Å²) >= 11 is 0. The van der Waals surface area contributed by atoms with Crippen LogP contribution in [0.3, 0.4) is 0 Å². The lowest BCUT2D eigenvalue weighted by atomic mass is 10.3. The normalized spacial score (nSPS) is 10.3. The number of rotatable bonds is 3. The molecule has 0 atom stereocenters. The Hall–Kier alpha value is -0.980. The molecule has 86 valence electrons. The molecule has 0 aliphatic carbocycles. The average Bonchev–Trinajstić information content (AvgIpc) is 2.14. The van der Waals surface area contributed by atoms with E-state index in [2.05, 4.69) is 36.0 Å². The van der Waals surface area contributed by atoms with Crippen LogP contribution < -0.4 is 4.57 Å². The molecule has 0 spiro atoms. The molecule has 5 nitrogen and oxygen atoms in total. The van der Waals surface area contributed by atoms with Gasteiger partial charge in [-0.15, -0.1) is 0 Å². The van der Waals surface area contributed by atoms with E-state index in [1.54, 1.807) is 0 Å². The van der Waals surface area contributed by atoms with Gasteiger partial charge >= 0.3 is 10.4 Å². The molecule has 0 bridgehead atoms. The molecular formula is C9H16NO4S+. The number of pyridine rings is 1. The van der Waals surface area contributed by atoms with Gasteiger partial charge in [0.05, 0.1) is 0 Å². The van der Waals surface area contributed by atoms with Crippen LogP contribution in [0.2, 0.25) is 0 Å². The predicted molar refractivity (Wildman–Crippen MR) is 55.7 cm³/mol. The Morgan fingerprint density at radius 2 is 1.60 bits per heavy atom. The van der Waals surface area contributed by atoms with Gasteiger partial charge in [0.25, 0.3) is 0 Å². The van der Waals surface area contributed by atoms with Crippen molar-refractivity contribution in [2.24, 2.45) is 0 Å². The third-order valence-electron chi connectivity index (χ3n) is 1.55. The Balaban J connectivity index is 0.000000336. The Kier molecular flexibility index (Phi) is 6.85. The monoisotopic (exact) mass is 234 g/mol. The second-order valence-corrected chi connectivity index (χ2v) is 3.81. The summed E-state index contributed by atoms with van der Waals surface area (Å²) in [7, 11) is -4.67. The molecule has 0 saturated carbocycles. The van der Waals surface area contributed by atoms with Crippen molar-refractivity contribution in [2.45, 2.75) is 26.3 Å². The summed E-state index contributed by atoms with van der Waals surface area (Å²) in [6, 6.07) is 6.17. The van der Waals surface area contributed by atoms with Gasteiger partial charge in [-0.1, -0.05) is 19.4 Å². The Bertz CT molecular complexity index is 342. The fourth-order valence-electron chi connectivity index (χ4n) is 0.924. The summed E-state index contributed by atoms with van der Waals surface area (Å²) in [5, 5.41) is 0. The summed E-state index contributed by atoms with van der Waals surface area (Å²) in [4.78, 5) is 0. The largest absolute Gasteiger partial charge is 0.394 e. The van der Waals surface area contributed by atoms with Gasteiger partial charge in [0.2, 0.25) is 0 Å². The first kappa shape index (κ1) is 14.0. The van der Waals surface area contributed by atoms with E-state index in [-0.39, 0.29) is 0 Å². The van der Waals surface area contributed by atoms with Crippen molar-refractivity contribution in [3.05, 3.63) is 30.6 Å². The van der Waals surface area contributed by atoms with E-state index in [4.69, 9.17) is 17.5 Å². The van der Waals surface area contributed by atoms with E-state index in [1.165, 1.54) is 12.8 Å². The summed E-state index contributed by atoms with van der Waals surface area (Å²) < 4.78 is 33.8. The van der Waals surface area contributed by atoms with Crippen molar-refractivity contribution in [3.8, 4) is 0 Å². The topological polar surface area (TPSA) is 78.5 Å². The zero-order valence-electron chi connectivity index (χ0n) is 8.57. The standard InChI is InChI=1S/C9H14N.H2O4S/c1-2-3-7-10-8-5-4-6-9-10;1-5(2,3)4/h4-6,8-9H,2-3,7H2,1H3;(H2,1,2,3,4)/q+1;. The van der Waals surface area contributed by atoms with Gasteiger partial charge in [0.1, 0.15) is 6.54 Å². The van der Waals surface area contributed by atoms with Crippen LogP contribution in [0.5, 0.6) is 0 Å². The molecule has 1 rings (SSSR count). The highest BCUT2D eigenvalue weighted by Gasteiger charge is 1.93. The van der Waals surface area contributed by atoms with Crippen LogP contribution in [0, 0.1) is 0 Å². The summed E-state index contributed by atoms with van der Waals surface area (Å²) in [5.41, 5.74) is 0. The maximum Gasteiger partial charge on any atom is 0.394 e. The Labute approximate surface area is 90.0 Å². The molecule has 1 aromatic rings. The second kappa shape index (κ2) is 7.33. The molecule has 0 aliphatic rings. The summed E-state index contributed by atoms with van der Waals surface area (Å²) in [5.74, 6) is 0. The third kappa shape index (κ3) is 13.0. The molecule has 6 heteroatoms. The minimum atomic E-state index is -4.67. The van der Waals surface area contributed by atoms with Crippen LogP contribution >= 0.6 is 0 Å².